The Balaban J connectivity index is 2.27. The molecule has 0 bridgehead atoms. The van der Waals surface area contributed by atoms with Gasteiger partial charge in [0.05, 0.1) is 0 Å². The van der Waals surface area contributed by atoms with E-state index in [1.807, 2.05) is 0 Å². The Labute approximate surface area is 121 Å². The molecule has 2 rings (SSSR count). The second kappa shape index (κ2) is 6.38. The lowest BCUT2D eigenvalue weighted by atomic mass is 10.2. The average Bonchev–Trinajstić information content (AvgIpc) is 2.46. The molecule has 108 valence electrons. The minimum absolute atomic E-state index is 0.0944. The molecule has 0 unspecified atom stereocenters. The molecule has 1 aromatic heterocycles. The number of nitrogens with zero attached hydrogens (tertiary/aromatic N) is 2. The SMILES string of the molecule is O=C(O)C=Cc1cncc(S(=O)(=O)N2CCSCC2)c1. The second-order valence-corrected chi connectivity index (χ2v) is 7.30. The lowest BCUT2D eigenvalue weighted by Gasteiger charge is -2.25. The predicted octanol–water partition coefficient (Wildman–Crippen LogP) is 0.917. The number of carbonyl (C=O) groups is 1. The third-order valence-corrected chi connectivity index (χ3v) is 5.57. The maximum Gasteiger partial charge on any atom is 0.328 e. The highest BCUT2D eigenvalue weighted by Gasteiger charge is 2.26. The molecule has 0 amide bonds. The minimum atomic E-state index is -3.55. The first-order valence-electron chi connectivity index (χ1n) is 5.94. The number of aliphatic carboxylic acids is 1. The van der Waals surface area contributed by atoms with Gasteiger partial charge in [0.1, 0.15) is 4.90 Å². The summed E-state index contributed by atoms with van der Waals surface area (Å²) < 4.78 is 26.3. The van der Waals surface area contributed by atoms with E-state index in [1.165, 1.54) is 28.8 Å². The molecule has 2 heterocycles. The molecule has 0 spiro atoms. The Morgan fingerprint density at radius 3 is 2.70 bits per heavy atom. The zero-order valence-electron chi connectivity index (χ0n) is 10.6. The number of rotatable bonds is 4. The van der Waals surface area contributed by atoms with Gasteiger partial charge in [-0.15, -0.1) is 0 Å². The molecule has 8 heteroatoms. The van der Waals surface area contributed by atoms with Gasteiger partial charge in [-0.1, -0.05) is 0 Å². The molecule has 0 radical (unpaired) electrons. The van der Waals surface area contributed by atoms with Crippen LogP contribution in [0.15, 0.2) is 29.4 Å². The molecular formula is C12H14N2O4S2. The summed E-state index contributed by atoms with van der Waals surface area (Å²) in [4.78, 5) is 14.4. The van der Waals surface area contributed by atoms with Crippen molar-refractivity contribution in [3.63, 3.8) is 0 Å². The lowest BCUT2D eigenvalue weighted by Crippen LogP contribution is -2.37. The zero-order valence-corrected chi connectivity index (χ0v) is 12.2. The molecule has 1 fully saturated rings. The van der Waals surface area contributed by atoms with Crippen LogP contribution in [0.25, 0.3) is 6.08 Å². The van der Waals surface area contributed by atoms with Crippen molar-refractivity contribution in [1.29, 1.82) is 0 Å². The van der Waals surface area contributed by atoms with Gasteiger partial charge in [0.25, 0.3) is 0 Å². The number of thioether (sulfide) groups is 1. The van der Waals surface area contributed by atoms with Crippen LogP contribution in [0.2, 0.25) is 0 Å². The van der Waals surface area contributed by atoms with Crippen molar-refractivity contribution < 1.29 is 18.3 Å². The average molecular weight is 314 g/mol. The Morgan fingerprint density at radius 2 is 2.05 bits per heavy atom. The van der Waals surface area contributed by atoms with E-state index in [2.05, 4.69) is 4.98 Å². The summed E-state index contributed by atoms with van der Waals surface area (Å²) >= 11 is 1.73. The van der Waals surface area contributed by atoms with Crippen LogP contribution in [-0.4, -0.2) is 53.4 Å². The summed E-state index contributed by atoms with van der Waals surface area (Å²) in [7, 11) is -3.55. The molecule has 1 N–H and O–H groups in total. The van der Waals surface area contributed by atoms with Gasteiger partial charge in [-0.3, -0.25) is 4.98 Å². The van der Waals surface area contributed by atoms with Crippen LogP contribution in [0.3, 0.4) is 0 Å². The fraction of sp³-hybridized carbons (Fsp3) is 0.333. The monoisotopic (exact) mass is 314 g/mol. The third-order valence-electron chi connectivity index (χ3n) is 2.76. The van der Waals surface area contributed by atoms with E-state index in [0.29, 0.717) is 18.7 Å². The Hall–Kier alpha value is -1.38. The molecule has 1 aromatic rings. The summed E-state index contributed by atoms with van der Waals surface area (Å²) in [5.74, 6) is 0.475. The van der Waals surface area contributed by atoms with Gasteiger partial charge in [0.15, 0.2) is 0 Å². The number of sulfonamides is 1. The topological polar surface area (TPSA) is 87.6 Å². The van der Waals surface area contributed by atoms with Gasteiger partial charge >= 0.3 is 5.97 Å². The van der Waals surface area contributed by atoms with E-state index in [9.17, 15) is 13.2 Å². The molecule has 1 aliphatic heterocycles. The minimum Gasteiger partial charge on any atom is -0.478 e. The van der Waals surface area contributed by atoms with Crippen molar-refractivity contribution in [3.8, 4) is 0 Å². The Morgan fingerprint density at radius 1 is 1.35 bits per heavy atom. The van der Waals surface area contributed by atoms with Gasteiger partial charge in [-0.2, -0.15) is 16.1 Å². The van der Waals surface area contributed by atoms with E-state index in [1.54, 1.807) is 11.8 Å². The van der Waals surface area contributed by atoms with Crippen LogP contribution >= 0.6 is 11.8 Å². The Kier molecular flexibility index (Phi) is 4.79. The third kappa shape index (κ3) is 3.59. The van der Waals surface area contributed by atoms with E-state index >= 15 is 0 Å². The Bertz CT molecular complexity index is 622. The largest absolute Gasteiger partial charge is 0.478 e. The summed E-state index contributed by atoms with van der Waals surface area (Å²) in [5, 5.41) is 8.57. The number of hydrogen-bond acceptors (Lipinski definition) is 5. The van der Waals surface area contributed by atoms with Gasteiger partial charge in [-0.25, -0.2) is 13.2 Å². The summed E-state index contributed by atoms with van der Waals surface area (Å²) in [6.07, 6.45) is 4.98. The van der Waals surface area contributed by atoms with Crippen LogP contribution in [0.1, 0.15) is 5.56 Å². The first-order valence-corrected chi connectivity index (χ1v) is 8.53. The molecule has 0 aromatic carbocycles. The van der Waals surface area contributed by atoms with E-state index in [4.69, 9.17) is 5.11 Å². The summed E-state index contributed by atoms with van der Waals surface area (Å²) in [6, 6.07) is 1.43. The van der Waals surface area contributed by atoms with Crippen molar-refractivity contribution in [2.75, 3.05) is 24.6 Å². The molecule has 0 aliphatic carbocycles. The molecule has 6 nitrogen and oxygen atoms in total. The van der Waals surface area contributed by atoms with Crippen LogP contribution in [0.5, 0.6) is 0 Å². The maximum absolute atomic E-state index is 12.4. The van der Waals surface area contributed by atoms with Crippen molar-refractivity contribution >= 4 is 33.8 Å². The molecule has 1 aliphatic rings. The van der Waals surface area contributed by atoms with Crippen LogP contribution in [-0.2, 0) is 14.8 Å². The fourth-order valence-corrected chi connectivity index (χ4v) is 4.35. The summed E-state index contributed by atoms with van der Waals surface area (Å²) in [5.41, 5.74) is 0.444. The normalized spacial score (nSPS) is 17.4. The number of carboxylic acid groups (broad SMARTS) is 1. The number of pyridine rings is 1. The van der Waals surface area contributed by atoms with Gasteiger partial charge in [0.2, 0.25) is 10.0 Å². The van der Waals surface area contributed by atoms with Crippen molar-refractivity contribution in [1.82, 2.24) is 9.29 Å². The van der Waals surface area contributed by atoms with Crippen LogP contribution in [0, 0.1) is 0 Å². The molecule has 0 saturated carbocycles. The van der Waals surface area contributed by atoms with Gasteiger partial charge < -0.3 is 5.11 Å². The first-order chi connectivity index (χ1) is 9.50. The quantitative estimate of drug-likeness (QED) is 0.831. The second-order valence-electron chi connectivity index (χ2n) is 4.14. The highest BCUT2D eigenvalue weighted by Crippen LogP contribution is 2.20. The van der Waals surface area contributed by atoms with E-state index < -0.39 is 16.0 Å². The highest BCUT2D eigenvalue weighted by atomic mass is 32.2. The molecule has 0 atom stereocenters. The number of aromatic nitrogens is 1. The first kappa shape index (κ1) is 15.0. The predicted molar refractivity (Wildman–Crippen MR) is 77.0 cm³/mol. The molecular weight excluding hydrogens is 300 g/mol. The summed E-state index contributed by atoms with van der Waals surface area (Å²) in [6.45, 7) is 0.977. The standard InChI is InChI=1S/C12H14N2O4S2/c15-12(16)2-1-10-7-11(9-13-8-10)20(17,18)14-3-5-19-6-4-14/h1-2,7-9H,3-6H2,(H,15,16). The zero-order chi connectivity index (χ0) is 14.6. The highest BCUT2D eigenvalue weighted by molar-refractivity contribution is 7.99. The van der Waals surface area contributed by atoms with Crippen molar-refractivity contribution in [2.45, 2.75) is 4.90 Å². The van der Waals surface area contributed by atoms with Gasteiger partial charge in [0, 0.05) is 43.1 Å². The van der Waals surface area contributed by atoms with E-state index in [0.717, 1.165) is 17.6 Å². The fourth-order valence-electron chi connectivity index (χ4n) is 1.77. The smallest absolute Gasteiger partial charge is 0.328 e. The molecule has 1 saturated heterocycles. The molecule has 20 heavy (non-hydrogen) atoms. The van der Waals surface area contributed by atoms with Crippen molar-refractivity contribution in [3.05, 3.63) is 30.1 Å². The van der Waals surface area contributed by atoms with Gasteiger partial charge in [-0.05, 0) is 17.7 Å². The van der Waals surface area contributed by atoms with Crippen molar-refractivity contribution in [2.24, 2.45) is 0 Å². The number of hydrogen-bond donors (Lipinski definition) is 1. The lowest BCUT2D eigenvalue weighted by molar-refractivity contribution is -0.131. The van der Waals surface area contributed by atoms with Crippen LogP contribution < -0.4 is 0 Å². The van der Waals surface area contributed by atoms with Crippen LogP contribution in [0.4, 0.5) is 0 Å². The number of carboxylic acids is 1. The maximum atomic E-state index is 12.4. The van der Waals surface area contributed by atoms with E-state index in [-0.39, 0.29) is 4.90 Å².